The Morgan fingerprint density at radius 2 is 0.909 bits per heavy atom. The van der Waals surface area contributed by atoms with Gasteiger partial charge in [-0.15, -0.1) is 11.3 Å². The highest BCUT2D eigenvalue weighted by Crippen LogP contribution is 2.48. The molecule has 0 atom stereocenters. The molecule has 2 amide bonds. The number of phenols is 4. The average Bonchev–Trinajstić information content (AvgIpc) is 1.62. The van der Waals surface area contributed by atoms with Crippen molar-refractivity contribution in [2.75, 3.05) is 131 Å². The average molecular weight is 1950 g/mol. The topological polar surface area (TPSA) is 394 Å². The van der Waals surface area contributed by atoms with Crippen LogP contribution in [0.1, 0.15) is 135 Å². The van der Waals surface area contributed by atoms with Crippen molar-refractivity contribution in [2.24, 2.45) is 0 Å². The van der Waals surface area contributed by atoms with Gasteiger partial charge in [0, 0.05) is 213 Å². The number of morpholine rings is 4. The Kier molecular flexibility index (Phi) is 27.5. The smallest absolute Gasteiger partial charge is 0.274 e. The van der Waals surface area contributed by atoms with Gasteiger partial charge in [0.25, 0.3) is 11.8 Å². The molecule has 8 aromatic carbocycles. The van der Waals surface area contributed by atoms with E-state index in [1.165, 1.54) is 17.4 Å². The quantitative estimate of drug-likeness (QED) is 0.0300. The summed E-state index contributed by atoms with van der Waals surface area (Å²) in [5.74, 6) is 0.203. The van der Waals surface area contributed by atoms with Crippen LogP contribution in [-0.4, -0.2) is 225 Å². The van der Waals surface area contributed by atoms with Crippen molar-refractivity contribution in [3.63, 3.8) is 0 Å². The molecule has 1 aliphatic carbocycles. The number of nitrogens with zero attached hydrogens (tertiary/aromatic N) is 14. The third-order valence-electron chi connectivity index (χ3n) is 26.8. The molecule has 4 aliphatic heterocycles. The first kappa shape index (κ1) is 95.1. The standard InChI is InChI=1S/C29H29N5O2.C27H28FN5O4.C27H27N5O2S.C26H30N6O3/c1-19(2)29-23-16-24(28(35)17-25(23)31-32-29)27-10-9-26(20-4-3-11-30-18-20)34(27)22-7-5-21(6-8-22)33-12-14-36-15-13-33;1-14(2)24-17-12-18(22(34)13-20(17)30-31-24)26-23(25(32-37-26)27(35)29-16-4-5-16)15-3-6-21(19(28)11-15)33-7-9-36-10-8-33;1-3-22-20-14-21(26(33)15-23(20)30-29-22)24-8-9-25(27-28-16-17(2)35-27)32(24)19-6-4-18(5-7-19)31-10-12-34-13-11-31;1-4-27-26(34)25-22(16-5-7-17(8-6-16)32-9-11-35-12-10-32)24(30-31-25)19-13-18-20(14-21(19)33)28-29-23(18)15(2)3/h3-11,16-19,35H,12-15H2,1-2H3,(H,31,32);3,6,11-14,16,34H,4-5,7-10H2,1-2H3,(H,29,35)(H,30,31);4-9,14-16,33H,3,10-13H2,1-2H3,(H,29,30);5-8,13-15,33H,4,9-12H2,1-3H3,(H,27,34)(H,28,29)(H,30,31). The predicted octanol–water partition coefficient (Wildman–Crippen LogP) is 19.9. The first-order valence-corrected chi connectivity index (χ1v) is 49.6. The number of pyridine rings is 1. The van der Waals surface area contributed by atoms with E-state index in [1.807, 2.05) is 74.5 Å². The van der Waals surface area contributed by atoms with Crippen LogP contribution in [0, 0.1) is 12.7 Å². The summed E-state index contributed by atoms with van der Waals surface area (Å²) in [4.78, 5) is 45.1. The van der Waals surface area contributed by atoms with E-state index < -0.39 is 11.7 Å². The van der Waals surface area contributed by atoms with Crippen LogP contribution in [0.3, 0.4) is 0 Å². The first-order chi connectivity index (χ1) is 69.6. The maximum Gasteiger partial charge on any atom is 0.274 e. The molecule has 0 spiro atoms. The molecular weight excluding hydrogens is 1830 g/mol. The SMILES string of the molecule is CC(C)c1[nH]nc2cc(O)c(-c3ccc(-c4cccnc4)n3-c3ccc(N4CCOCC4)cc3)cc12.CC(C)c1[nH]nc2cc(O)c(-c3onc(C(=O)NC4CC4)c3-c3ccc(N4CCOCC4)c(F)c3)cc12.CCNC(=O)c1[nH]nc(-c2cc3c(C(C)C)[nH]nc3cc2O)c1-c1ccc(N2CCOCC2)cc1.CCc1[nH]nc2cc(O)c(-c3ccc(-c4ncc(C)s4)n3-c3ccc(N4CCOCC4)cc3)cc12. The highest BCUT2D eigenvalue weighted by Gasteiger charge is 2.34. The Labute approximate surface area is 828 Å². The minimum Gasteiger partial charge on any atom is -0.507 e. The number of ether oxygens (including phenoxy) is 4. The summed E-state index contributed by atoms with van der Waals surface area (Å²) in [6.45, 7) is 31.0. The fourth-order valence-corrected chi connectivity index (χ4v) is 19.9. The Morgan fingerprint density at radius 1 is 0.462 bits per heavy atom. The molecule has 0 radical (unpaired) electrons. The molecule has 34 heteroatoms. The Bertz CT molecular complexity index is 7610. The van der Waals surface area contributed by atoms with Crippen LogP contribution in [0.15, 0.2) is 199 Å². The van der Waals surface area contributed by atoms with E-state index in [4.69, 9.17) is 23.5 Å². The molecule has 0 unspecified atom stereocenters. The number of aryl methyl sites for hydroxylation is 2. The monoisotopic (exact) mass is 1940 g/mol. The number of rotatable bonds is 22. The van der Waals surface area contributed by atoms with E-state index in [2.05, 4.69) is 233 Å². The van der Waals surface area contributed by atoms with E-state index >= 15 is 4.39 Å². The zero-order chi connectivity index (χ0) is 98.8. The number of carbonyl (C=O) groups excluding carboxylic acids is 2. The van der Waals surface area contributed by atoms with Crippen LogP contribution in [0.4, 0.5) is 27.1 Å². The second-order valence-electron chi connectivity index (χ2n) is 37.2. The summed E-state index contributed by atoms with van der Waals surface area (Å²) in [6, 6.07) is 57.0. The van der Waals surface area contributed by atoms with Gasteiger partial charge in [-0.25, -0.2) is 9.37 Å². The van der Waals surface area contributed by atoms with Gasteiger partial charge in [-0.3, -0.25) is 40.1 Å². The summed E-state index contributed by atoms with van der Waals surface area (Å²) in [6.07, 6.45) is 8.21. The molecule has 18 aromatic rings. The number of hydrogen-bond donors (Lipinski definition) is 11. The van der Waals surface area contributed by atoms with E-state index in [-0.39, 0.29) is 64.2 Å². The number of anilines is 4. The van der Waals surface area contributed by atoms with Gasteiger partial charge in [-0.05, 0) is 195 Å². The number of carbonyl (C=O) groups is 2. The van der Waals surface area contributed by atoms with Crippen molar-refractivity contribution in [2.45, 2.75) is 105 Å². The lowest BCUT2D eigenvalue weighted by Gasteiger charge is -2.29. The number of phenolic OH excluding ortho intramolecular Hbond substituents is 4. The molecule has 11 N–H and O–H groups in total. The van der Waals surface area contributed by atoms with Gasteiger partial charge in [0.15, 0.2) is 11.5 Å². The maximum absolute atomic E-state index is 15.4. The van der Waals surface area contributed by atoms with Crippen molar-refractivity contribution in [3.05, 3.63) is 239 Å². The van der Waals surface area contributed by atoms with Gasteiger partial charge in [-0.1, -0.05) is 71.8 Å². The first-order valence-electron chi connectivity index (χ1n) is 48.8. The van der Waals surface area contributed by atoms with E-state index in [0.717, 1.165) is 212 Å². The Morgan fingerprint density at radius 3 is 1.39 bits per heavy atom. The van der Waals surface area contributed by atoms with Crippen LogP contribution in [0.5, 0.6) is 23.0 Å². The van der Waals surface area contributed by atoms with Crippen molar-refractivity contribution in [1.29, 1.82) is 0 Å². The second kappa shape index (κ2) is 41.4. The molecule has 1 saturated carbocycles. The van der Waals surface area contributed by atoms with Gasteiger partial charge < -0.3 is 83.3 Å². The largest absolute Gasteiger partial charge is 0.507 e. The molecule has 23 rings (SSSR count). The van der Waals surface area contributed by atoms with Crippen molar-refractivity contribution in [1.82, 2.24) is 85.9 Å². The number of halogens is 1. The fourth-order valence-electron chi connectivity index (χ4n) is 19.2. The van der Waals surface area contributed by atoms with Gasteiger partial charge in [-0.2, -0.15) is 25.5 Å². The second-order valence-corrected chi connectivity index (χ2v) is 38.4. The van der Waals surface area contributed by atoms with Crippen molar-refractivity contribution < 1.29 is 57.9 Å². The molecule has 143 heavy (non-hydrogen) atoms. The number of benzene rings is 8. The summed E-state index contributed by atoms with van der Waals surface area (Å²) >= 11 is 1.67. The lowest BCUT2D eigenvalue weighted by molar-refractivity contribution is 0.0937. The molecule has 32 nitrogen and oxygen atoms in total. The number of H-pyrrole nitrogens is 5. The highest BCUT2D eigenvalue weighted by molar-refractivity contribution is 7.14. The zero-order valence-corrected chi connectivity index (χ0v) is 81.9. The number of nitrogens with one attached hydrogen (secondary N) is 7. The molecule has 4 saturated heterocycles. The maximum atomic E-state index is 15.4. The molecule has 0 bridgehead atoms. The third-order valence-corrected chi connectivity index (χ3v) is 27.7. The minimum absolute atomic E-state index is 0.0520. The van der Waals surface area contributed by atoms with Gasteiger partial charge in [0.05, 0.1) is 115 Å². The Balaban J connectivity index is 0.000000117. The number of fused-ring (bicyclic) bond motifs is 4. The van der Waals surface area contributed by atoms with Gasteiger partial charge >= 0.3 is 0 Å². The third kappa shape index (κ3) is 19.6. The molecular formula is C109H114FN21O11S. The van der Waals surface area contributed by atoms with Crippen LogP contribution >= 0.6 is 11.3 Å². The number of aromatic amines is 5. The van der Waals surface area contributed by atoms with Crippen LogP contribution in [-0.2, 0) is 25.4 Å². The molecule has 734 valence electrons. The summed E-state index contributed by atoms with van der Waals surface area (Å²) < 4.78 is 47.4. The van der Waals surface area contributed by atoms with Gasteiger partial charge in [0.1, 0.15) is 45.2 Å². The Hall–Kier alpha value is -15.5. The van der Waals surface area contributed by atoms with Crippen LogP contribution in [0.25, 0.3) is 144 Å². The van der Waals surface area contributed by atoms with E-state index in [9.17, 15) is 30.0 Å². The molecule has 14 heterocycles. The predicted molar refractivity (Wildman–Crippen MR) is 556 cm³/mol. The summed E-state index contributed by atoms with van der Waals surface area (Å²) in [5, 5.41) is 95.7. The zero-order valence-electron chi connectivity index (χ0n) is 81.1. The van der Waals surface area contributed by atoms with Crippen molar-refractivity contribution in [3.8, 4) is 124 Å². The normalized spacial score (nSPS) is 14.6. The molecule has 5 aliphatic rings. The lowest BCUT2D eigenvalue weighted by Crippen LogP contribution is -2.36. The van der Waals surface area contributed by atoms with Crippen LogP contribution < -0.4 is 30.2 Å². The number of thiazole rings is 1. The highest BCUT2D eigenvalue weighted by atomic mass is 32.1. The van der Waals surface area contributed by atoms with E-state index in [0.29, 0.717) is 102 Å². The number of amides is 2. The summed E-state index contributed by atoms with van der Waals surface area (Å²) in [7, 11) is 0. The molecule has 5 fully saturated rings. The van der Waals surface area contributed by atoms with Gasteiger partial charge in [0.2, 0.25) is 0 Å². The summed E-state index contributed by atoms with van der Waals surface area (Å²) in [5.41, 5.74) is 23.2. The minimum atomic E-state index is -0.420. The number of aromatic nitrogens is 15. The molecule has 10 aromatic heterocycles. The van der Waals surface area contributed by atoms with E-state index in [1.54, 1.807) is 60.0 Å². The van der Waals surface area contributed by atoms with Crippen molar-refractivity contribution >= 4 is 89.5 Å². The number of hydrogen-bond acceptors (Lipinski definition) is 24. The van der Waals surface area contributed by atoms with Crippen LogP contribution in [0.2, 0.25) is 0 Å². The lowest BCUT2D eigenvalue weighted by atomic mass is 9.95. The number of aromatic hydroxyl groups is 4. The fraction of sp³-hybridized carbons (Fsp3) is 0.303.